The number of carbonyl (C=O) groups is 3. The van der Waals surface area contributed by atoms with E-state index in [0.717, 1.165) is 19.3 Å². The van der Waals surface area contributed by atoms with E-state index in [1.165, 1.54) is 0 Å². The Morgan fingerprint density at radius 2 is 1.67 bits per heavy atom. The summed E-state index contributed by atoms with van der Waals surface area (Å²) in [5.74, 6) is -3.23. The van der Waals surface area contributed by atoms with Gasteiger partial charge in [-0.1, -0.05) is 19.9 Å². The molecule has 0 heterocycles. The maximum atomic E-state index is 12.0. The van der Waals surface area contributed by atoms with Crippen molar-refractivity contribution in [3.05, 3.63) is 12.7 Å². The molecule has 0 aromatic carbocycles. The number of allylic oxidation sites excluding steroid dienone is 1. The Bertz CT molecular complexity index is 506. The Hall–Kier alpha value is -0.930. The fourth-order valence-corrected chi connectivity index (χ4v) is 3.15. The molecule has 9 heteroatoms. The predicted molar refractivity (Wildman–Crippen MR) is 109 cm³/mol. The monoisotopic (exact) mass is 437 g/mol. The van der Waals surface area contributed by atoms with Crippen molar-refractivity contribution in [2.24, 2.45) is 11.8 Å². The van der Waals surface area contributed by atoms with Crippen LogP contribution in [0.5, 0.6) is 0 Å². The van der Waals surface area contributed by atoms with Crippen molar-refractivity contribution in [3.8, 4) is 0 Å². The molecule has 0 aliphatic heterocycles. The summed E-state index contributed by atoms with van der Waals surface area (Å²) in [5, 5.41) is 32.7. The van der Waals surface area contributed by atoms with Crippen LogP contribution >= 0.6 is 0 Å². The summed E-state index contributed by atoms with van der Waals surface area (Å²) in [6, 6.07) is 0. The molecule has 3 atom stereocenters. The van der Waals surface area contributed by atoms with Gasteiger partial charge in [-0.2, -0.15) is 0 Å². The molecule has 0 fully saturated rings. The largest absolute Gasteiger partial charge is 1.00 e. The Morgan fingerprint density at radius 1 is 1.07 bits per heavy atom. The molecule has 168 valence electrons. The number of amides is 1. The van der Waals surface area contributed by atoms with Gasteiger partial charge in [-0.05, 0) is 19.3 Å². The first-order chi connectivity index (χ1) is 13.7. The Labute approximate surface area is 202 Å². The number of nitrogens with zero attached hydrogens (tertiary/aromatic N) is 1. The molecule has 1 amide bonds. The van der Waals surface area contributed by atoms with Crippen molar-refractivity contribution >= 4 is 17.8 Å². The summed E-state index contributed by atoms with van der Waals surface area (Å²) < 4.78 is 0.364. The molecule has 0 saturated carbocycles. The van der Waals surface area contributed by atoms with Crippen LogP contribution in [0.2, 0.25) is 0 Å². The zero-order valence-corrected chi connectivity index (χ0v) is 20.9. The first-order valence-corrected chi connectivity index (χ1v) is 10.4. The van der Waals surface area contributed by atoms with E-state index in [-0.39, 0.29) is 42.1 Å². The zero-order chi connectivity index (χ0) is 22.3. The number of carboxylic acid groups (broad SMARTS) is 2. The topological polar surface area (TPSA) is 127 Å². The van der Waals surface area contributed by atoms with E-state index in [1.807, 2.05) is 6.08 Å². The molecular formula is C21H38N2NaO6+. The second-order valence-corrected chi connectivity index (χ2v) is 7.88. The number of quaternary nitrogens is 1. The van der Waals surface area contributed by atoms with Crippen molar-refractivity contribution in [3.63, 3.8) is 0 Å². The Kier molecular flexibility index (Phi) is 18.5. The average molecular weight is 438 g/mol. The number of hydrogen-bond donors (Lipinski definition) is 3. The Balaban J connectivity index is 0. The minimum absolute atomic E-state index is 0. The van der Waals surface area contributed by atoms with Gasteiger partial charge in [0.1, 0.15) is 6.54 Å². The van der Waals surface area contributed by atoms with Crippen molar-refractivity contribution in [2.45, 2.75) is 52.4 Å². The Morgan fingerprint density at radius 3 is 2.17 bits per heavy atom. The third-order valence-electron chi connectivity index (χ3n) is 5.44. The molecule has 0 rings (SSSR count). The molecule has 0 spiro atoms. The van der Waals surface area contributed by atoms with E-state index >= 15 is 0 Å². The molecule has 0 aliphatic carbocycles. The third-order valence-corrected chi connectivity index (χ3v) is 5.44. The number of aliphatic hydroxyl groups is 1. The molecule has 3 unspecified atom stereocenters. The van der Waals surface area contributed by atoms with Gasteiger partial charge in [0.15, 0.2) is 0 Å². The number of unbranched alkanes of at least 4 members (excludes halogenated alkanes) is 2. The number of nitrogens with one attached hydrogen (secondary N) is 1. The van der Waals surface area contributed by atoms with Gasteiger partial charge >= 0.3 is 35.5 Å². The van der Waals surface area contributed by atoms with Gasteiger partial charge in [0, 0.05) is 31.1 Å². The van der Waals surface area contributed by atoms with Gasteiger partial charge in [-0.3, -0.25) is 9.59 Å². The number of hydrogen-bond acceptors (Lipinski definition) is 5. The number of carbonyl (C=O) groups excluding carboxylic acids is 2. The van der Waals surface area contributed by atoms with Crippen LogP contribution in [0.25, 0.3) is 0 Å². The van der Waals surface area contributed by atoms with Crippen molar-refractivity contribution in [1.82, 2.24) is 5.32 Å². The zero-order valence-electron chi connectivity index (χ0n) is 18.9. The minimum Gasteiger partial charge on any atom is -0.550 e. The van der Waals surface area contributed by atoms with Crippen LogP contribution in [0, 0.1) is 11.8 Å². The van der Waals surface area contributed by atoms with Gasteiger partial charge in [0.05, 0.1) is 38.7 Å². The fourth-order valence-electron chi connectivity index (χ4n) is 3.15. The van der Waals surface area contributed by atoms with Crippen LogP contribution in [0.4, 0.5) is 0 Å². The van der Waals surface area contributed by atoms with Crippen molar-refractivity contribution < 1.29 is 63.7 Å². The molecule has 0 aromatic rings. The van der Waals surface area contributed by atoms with Crippen LogP contribution < -0.4 is 40.0 Å². The smallest absolute Gasteiger partial charge is 0.550 e. The van der Waals surface area contributed by atoms with Crippen LogP contribution in [-0.4, -0.2) is 71.9 Å². The summed E-state index contributed by atoms with van der Waals surface area (Å²) in [5.41, 5.74) is 0. The van der Waals surface area contributed by atoms with Gasteiger partial charge in [0.25, 0.3) is 0 Å². The third kappa shape index (κ3) is 14.1. The van der Waals surface area contributed by atoms with Crippen LogP contribution in [0.3, 0.4) is 0 Å². The summed E-state index contributed by atoms with van der Waals surface area (Å²) in [7, 11) is 0. The van der Waals surface area contributed by atoms with Crippen molar-refractivity contribution in [2.75, 3.05) is 39.3 Å². The predicted octanol–water partition coefficient (Wildman–Crippen LogP) is -2.45. The van der Waals surface area contributed by atoms with Crippen LogP contribution in [0.15, 0.2) is 12.7 Å². The number of aliphatic carboxylic acids is 2. The maximum absolute atomic E-state index is 12.0. The van der Waals surface area contributed by atoms with E-state index in [4.69, 9.17) is 5.11 Å². The van der Waals surface area contributed by atoms with Crippen LogP contribution in [-0.2, 0) is 14.4 Å². The van der Waals surface area contributed by atoms with Gasteiger partial charge < -0.3 is 29.9 Å². The number of carboxylic acids is 2. The average Bonchev–Trinajstić information content (AvgIpc) is 2.67. The molecule has 0 saturated heterocycles. The molecular weight excluding hydrogens is 399 g/mol. The normalized spacial score (nSPS) is 14.6. The van der Waals surface area contributed by atoms with E-state index in [1.54, 1.807) is 13.8 Å². The van der Waals surface area contributed by atoms with Crippen LogP contribution in [0.1, 0.15) is 52.4 Å². The van der Waals surface area contributed by atoms with Gasteiger partial charge in [-0.25, -0.2) is 0 Å². The quantitative estimate of drug-likeness (QED) is 0.0946. The summed E-state index contributed by atoms with van der Waals surface area (Å²) in [4.78, 5) is 34.2. The summed E-state index contributed by atoms with van der Waals surface area (Å²) in [6.45, 7) is 8.99. The van der Waals surface area contributed by atoms with Gasteiger partial charge in [0.2, 0.25) is 5.91 Å². The standard InChI is InChI=1S/C21H38N2O6.Na/c1-4-5-6-7-8-19(25)22-11-14-23(15-16-24,12-9-17(2)20(26)27)13-10-18(3)21(28)29;/h4,17-18,24H,1,5-16H2,2-3H3,(H2-,22,25,26,27,28,29);/q;+1. The molecule has 0 aliphatic rings. The molecule has 0 bridgehead atoms. The maximum Gasteiger partial charge on any atom is 1.00 e. The van der Waals surface area contributed by atoms with Gasteiger partial charge in [-0.15, -0.1) is 6.58 Å². The number of rotatable bonds is 18. The molecule has 3 N–H and O–H groups in total. The fraction of sp³-hybridized carbons (Fsp3) is 0.762. The van der Waals surface area contributed by atoms with Crippen molar-refractivity contribution in [1.29, 1.82) is 0 Å². The minimum atomic E-state index is -1.13. The first-order valence-electron chi connectivity index (χ1n) is 10.4. The second-order valence-electron chi connectivity index (χ2n) is 7.88. The molecule has 8 nitrogen and oxygen atoms in total. The number of aliphatic hydroxyl groups excluding tert-OH is 1. The second kappa shape index (κ2) is 17.7. The molecule has 0 aromatic heterocycles. The molecule has 0 radical (unpaired) electrons. The van der Waals surface area contributed by atoms with E-state index in [0.29, 0.717) is 56.5 Å². The summed E-state index contributed by atoms with van der Waals surface area (Å²) in [6.07, 6.45) is 5.60. The van der Waals surface area contributed by atoms with E-state index in [2.05, 4.69) is 11.9 Å². The SMILES string of the molecule is C=CCCCCC(=O)NCC[N+](CCO)(CCC(C)C(=O)[O-])CCC(C)C(=O)O.[Na+]. The van der Waals surface area contributed by atoms with E-state index in [9.17, 15) is 24.6 Å². The summed E-state index contributed by atoms with van der Waals surface area (Å²) >= 11 is 0. The van der Waals surface area contributed by atoms with E-state index < -0.39 is 23.8 Å². The molecule has 30 heavy (non-hydrogen) atoms. The first kappa shape index (κ1) is 31.3.